The second-order valence-electron chi connectivity index (χ2n) is 5.09. The number of hydrogen-bond acceptors (Lipinski definition) is 6. The van der Waals surface area contributed by atoms with Crippen LogP contribution in [0.2, 0.25) is 5.02 Å². The third kappa shape index (κ3) is 4.97. The number of pyridine rings is 1. The number of rotatable bonds is 5. The molecule has 0 aliphatic heterocycles. The van der Waals surface area contributed by atoms with E-state index in [9.17, 15) is 22.4 Å². The van der Waals surface area contributed by atoms with Crippen molar-refractivity contribution in [1.29, 1.82) is 0 Å². The molecule has 0 aliphatic carbocycles. The summed E-state index contributed by atoms with van der Waals surface area (Å²) >= 11 is 5.68. The molecule has 0 bridgehead atoms. The molecule has 0 aliphatic rings. The van der Waals surface area contributed by atoms with Crippen LogP contribution in [0.15, 0.2) is 41.4 Å². The summed E-state index contributed by atoms with van der Waals surface area (Å²) in [6, 6.07) is 5.33. The zero-order chi connectivity index (χ0) is 19.5. The molecule has 0 radical (unpaired) electrons. The average molecular weight is 402 g/mol. The molecule has 2 rings (SSSR count). The number of sulfonamides is 1. The number of amides is 1. The number of anilines is 1. The van der Waals surface area contributed by atoms with Crippen molar-refractivity contribution in [2.75, 3.05) is 5.32 Å². The molecule has 11 heteroatoms. The van der Waals surface area contributed by atoms with Gasteiger partial charge in [-0.3, -0.25) is 4.79 Å². The van der Waals surface area contributed by atoms with Crippen molar-refractivity contribution in [1.82, 2.24) is 4.98 Å². The van der Waals surface area contributed by atoms with Crippen molar-refractivity contribution in [3.8, 4) is 0 Å². The summed E-state index contributed by atoms with van der Waals surface area (Å²) < 4.78 is 41.2. The van der Waals surface area contributed by atoms with Gasteiger partial charge in [-0.15, -0.1) is 0 Å². The van der Waals surface area contributed by atoms with Crippen molar-refractivity contribution >= 4 is 39.3 Å². The number of carbonyl (C=O) groups excluding carboxylic acids is 2. The number of esters is 1. The van der Waals surface area contributed by atoms with E-state index in [1.54, 1.807) is 0 Å². The first-order valence-electron chi connectivity index (χ1n) is 7.03. The van der Waals surface area contributed by atoms with E-state index in [0.717, 1.165) is 18.2 Å². The number of halogens is 2. The Morgan fingerprint density at radius 1 is 1.31 bits per heavy atom. The van der Waals surface area contributed by atoms with Gasteiger partial charge < -0.3 is 10.1 Å². The highest BCUT2D eigenvalue weighted by atomic mass is 35.5. The molecule has 1 aromatic carbocycles. The first-order chi connectivity index (χ1) is 12.1. The standard InChI is InChI=1S/C15H13ClFN3O5S/c1-8(14(21)20-13-5-2-9(16)7-19-13)25-15(22)11-6-10(26(18,23)24)3-4-12(11)17/h2-8H,1H3,(H2,18,23,24)(H,19,20,21)/t8-/m0/s1. The summed E-state index contributed by atoms with van der Waals surface area (Å²) in [5, 5.41) is 7.69. The Kier molecular flexibility index (Phi) is 5.90. The van der Waals surface area contributed by atoms with Crippen LogP contribution in [0.25, 0.3) is 0 Å². The summed E-state index contributed by atoms with van der Waals surface area (Å²) in [6.07, 6.45) is -0.000337. The molecular formula is C15H13ClFN3O5S. The fourth-order valence-corrected chi connectivity index (χ4v) is 2.44. The second-order valence-corrected chi connectivity index (χ2v) is 7.08. The predicted octanol–water partition coefficient (Wildman–Crippen LogP) is 1.71. The van der Waals surface area contributed by atoms with Gasteiger partial charge in [0.05, 0.1) is 15.5 Å². The Morgan fingerprint density at radius 2 is 2.00 bits per heavy atom. The van der Waals surface area contributed by atoms with Gasteiger partial charge in [-0.05, 0) is 37.3 Å². The van der Waals surface area contributed by atoms with E-state index in [4.69, 9.17) is 21.5 Å². The molecule has 1 heterocycles. The second kappa shape index (κ2) is 7.77. The van der Waals surface area contributed by atoms with Crippen LogP contribution >= 0.6 is 11.6 Å². The normalized spacial score (nSPS) is 12.3. The molecule has 1 amide bonds. The molecular weight excluding hydrogens is 389 g/mol. The van der Waals surface area contributed by atoms with Crippen molar-refractivity contribution in [2.24, 2.45) is 5.14 Å². The number of nitrogens with two attached hydrogens (primary N) is 1. The Hall–Kier alpha value is -2.56. The van der Waals surface area contributed by atoms with Crippen LogP contribution in [0.5, 0.6) is 0 Å². The van der Waals surface area contributed by atoms with E-state index in [1.165, 1.54) is 25.3 Å². The highest BCUT2D eigenvalue weighted by Gasteiger charge is 2.23. The largest absolute Gasteiger partial charge is 0.449 e. The van der Waals surface area contributed by atoms with E-state index in [-0.39, 0.29) is 5.82 Å². The lowest BCUT2D eigenvalue weighted by molar-refractivity contribution is -0.123. The summed E-state index contributed by atoms with van der Waals surface area (Å²) in [5.41, 5.74) is -0.666. The highest BCUT2D eigenvalue weighted by Crippen LogP contribution is 2.16. The first kappa shape index (κ1) is 19.8. The fourth-order valence-electron chi connectivity index (χ4n) is 1.79. The number of primary sulfonamides is 1. The van der Waals surface area contributed by atoms with Gasteiger partial charge in [-0.25, -0.2) is 27.7 Å². The number of aromatic nitrogens is 1. The molecule has 0 saturated carbocycles. The van der Waals surface area contributed by atoms with Crippen LogP contribution in [0.1, 0.15) is 17.3 Å². The molecule has 1 aromatic heterocycles. The van der Waals surface area contributed by atoms with Crippen LogP contribution in [0.4, 0.5) is 10.2 Å². The van der Waals surface area contributed by atoms with Crippen molar-refractivity contribution in [3.05, 3.63) is 52.9 Å². The minimum Gasteiger partial charge on any atom is -0.449 e. The van der Waals surface area contributed by atoms with E-state index in [2.05, 4.69) is 10.3 Å². The maximum Gasteiger partial charge on any atom is 0.341 e. The van der Waals surface area contributed by atoms with Crippen molar-refractivity contribution in [2.45, 2.75) is 17.9 Å². The SMILES string of the molecule is C[C@H](OC(=O)c1cc(S(N)(=O)=O)ccc1F)C(=O)Nc1ccc(Cl)cn1. The van der Waals surface area contributed by atoms with Gasteiger partial charge in [-0.2, -0.15) is 0 Å². The van der Waals surface area contributed by atoms with Gasteiger partial charge in [0.25, 0.3) is 5.91 Å². The van der Waals surface area contributed by atoms with Gasteiger partial charge in [0.2, 0.25) is 10.0 Å². The Morgan fingerprint density at radius 3 is 2.58 bits per heavy atom. The van der Waals surface area contributed by atoms with Gasteiger partial charge in [0.15, 0.2) is 6.10 Å². The van der Waals surface area contributed by atoms with Gasteiger partial charge in [0, 0.05) is 6.20 Å². The monoisotopic (exact) mass is 401 g/mol. The van der Waals surface area contributed by atoms with Crippen LogP contribution in [-0.2, 0) is 19.6 Å². The maximum atomic E-state index is 13.8. The lowest BCUT2D eigenvalue weighted by atomic mass is 10.2. The molecule has 0 fully saturated rings. The molecule has 1 atom stereocenters. The minimum atomic E-state index is -4.14. The van der Waals surface area contributed by atoms with Gasteiger partial charge >= 0.3 is 5.97 Å². The first-order valence-corrected chi connectivity index (χ1v) is 8.96. The molecule has 0 unspecified atom stereocenters. The number of carbonyl (C=O) groups is 2. The molecule has 26 heavy (non-hydrogen) atoms. The predicted molar refractivity (Wildman–Crippen MR) is 90.5 cm³/mol. The summed E-state index contributed by atoms with van der Waals surface area (Å²) in [6.45, 7) is 1.25. The number of ether oxygens (including phenoxy) is 1. The smallest absolute Gasteiger partial charge is 0.341 e. The molecule has 8 nitrogen and oxygen atoms in total. The Labute approximate surface area is 153 Å². The highest BCUT2D eigenvalue weighted by molar-refractivity contribution is 7.89. The van der Waals surface area contributed by atoms with Crippen molar-refractivity contribution < 1.29 is 27.1 Å². The van der Waals surface area contributed by atoms with Crippen LogP contribution in [-0.4, -0.2) is 31.4 Å². The topological polar surface area (TPSA) is 128 Å². The quantitative estimate of drug-likeness (QED) is 0.734. The number of nitrogens with zero attached hydrogens (tertiary/aromatic N) is 1. The minimum absolute atomic E-state index is 0.171. The van der Waals surface area contributed by atoms with Gasteiger partial charge in [-0.1, -0.05) is 11.6 Å². The summed E-state index contributed by atoms with van der Waals surface area (Å²) in [5.74, 6) is -2.80. The molecule has 138 valence electrons. The zero-order valence-corrected chi connectivity index (χ0v) is 14.8. The van der Waals surface area contributed by atoms with E-state index < -0.39 is 44.3 Å². The third-order valence-electron chi connectivity index (χ3n) is 3.12. The van der Waals surface area contributed by atoms with E-state index in [1.807, 2.05) is 0 Å². The third-order valence-corrected chi connectivity index (χ3v) is 4.25. The number of hydrogen-bond donors (Lipinski definition) is 2. The van der Waals surface area contributed by atoms with Crippen LogP contribution < -0.4 is 10.5 Å². The Balaban J connectivity index is 2.11. The lowest BCUT2D eigenvalue weighted by Gasteiger charge is -2.13. The van der Waals surface area contributed by atoms with E-state index in [0.29, 0.717) is 5.02 Å². The number of benzene rings is 1. The Bertz CT molecular complexity index is 950. The fraction of sp³-hybridized carbons (Fsp3) is 0.133. The lowest BCUT2D eigenvalue weighted by Crippen LogP contribution is -2.30. The maximum absolute atomic E-state index is 13.8. The van der Waals surface area contributed by atoms with Crippen LogP contribution in [0.3, 0.4) is 0 Å². The molecule has 3 N–H and O–H groups in total. The number of nitrogens with one attached hydrogen (secondary N) is 1. The zero-order valence-electron chi connectivity index (χ0n) is 13.3. The van der Waals surface area contributed by atoms with Crippen LogP contribution in [0, 0.1) is 5.82 Å². The molecule has 0 saturated heterocycles. The average Bonchev–Trinajstić information content (AvgIpc) is 2.56. The van der Waals surface area contributed by atoms with Gasteiger partial charge in [0.1, 0.15) is 11.6 Å². The van der Waals surface area contributed by atoms with E-state index >= 15 is 0 Å². The molecule has 2 aromatic rings. The summed E-state index contributed by atoms with van der Waals surface area (Å²) in [7, 11) is -4.14. The molecule has 0 spiro atoms. The van der Waals surface area contributed by atoms with Crippen molar-refractivity contribution in [3.63, 3.8) is 0 Å². The summed E-state index contributed by atoms with van der Waals surface area (Å²) in [4.78, 5) is 27.4.